The molecule has 0 aromatic heterocycles. The van der Waals surface area contributed by atoms with Crippen LogP contribution in [0, 0.1) is 6.92 Å². The Morgan fingerprint density at radius 1 is 1.33 bits per heavy atom. The van der Waals surface area contributed by atoms with Crippen molar-refractivity contribution >= 4 is 33.6 Å². The first-order valence-electron chi connectivity index (χ1n) is 8.62. The van der Waals surface area contributed by atoms with Gasteiger partial charge in [-0.2, -0.15) is 0 Å². The highest BCUT2D eigenvalue weighted by Gasteiger charge is 2.24. The zero-order valence-corrected chi connectivity index (χ0v) is 16.6. The van der Waals surface area contributed by atoms with Gasteiger partial charge in [0.15, 0.2) is 0 Å². The lowest BCUT2D eigenvalue weighted by atomic mass is 10.2. The summed E-state index contributed by atoms with van der Waals surface area (Å²) in [5.74, 6) is 0.771. The lowest BCUT2D eigenvalue weighted by Gasteiger charge is -2.35. The number of benzene rings is 1. The molecule has 6 heteroatoms. The van der Waals surface area contributed by atoms with Gasteiger partial charge in [0, 0.05) is 48.7 Å². The zero-order valence-electron chi connectivity index (χ0n) is 14.2. The molecular formula is C18H25BrN2O2S. The van der Waals surface area contributed by atoms with Gasteiger partial charge in [0.2, 0.25) is 5.91 Å². The first kappa shape index (κ1) is 18.2. The van der Waals surface area contributed by atoms with Crippen LogP contribution in [0.4, 0.5) is 0 Å². The van der Waals surface area contributed by atoms with Crippen molar-refractivity contribution in [1.82, 2.24) is 9.80 Å². The number of nitrogens with zero attached hydrogens (tertiary/aromatic N) is 2. The summed E-state index contributed by atoms with van der Waals surface area (Å²) >= 11 is 5.12. The van der Waals surface area contributed by atoms with Crippen LogP contribution in [0.2, 0.25) is 0 Å². The molecule has 3 rings (SSSR count). The van der Waals surface area contributed by atoms with Crippen molar-refractivity contribution in [1.29, 1.82) is 0 Å². The van der Waals surface area contributed by atoms with E-state index in [1.807, 2.05) is 11.0 Å². The zero-order chi connectivity index (χ0) is 16.9. The summed E-state index contributed by atoms with van der Waals surface area (Å²) in [5.41, 5.74) is 1.21. The third-order valence-corrected chi connectivity index (χ3v) is 6.35. The van der Waals surface area contributed by atoms with Gasteiger partial charge >= 0.3 is 0 Å². The van der Waals surface area contributed by atoms with E-state index in [-0.39, 0.29) is 5.91 Å². The minimum Gasteiger partial charge on any atom is -0.377 e. The highest BCUT2D eigenvalue weighted by molar-refractivity contribution is 9.10. The minimum absolute atomic E-state index is 0.249. The fourth-order valence-corrected chi connectivity index (χ4v) is 4.65. The van der Waals surface area contributed by atoms with E-state index < -0.39 is 0 Å². The summed E-state index contributed by atoms with van der Waals surface area (Å²) in [6.07, 6.45) is 2.78. The Kier molecular flexibility index (Phi) is 6.61. The molecule has 0 spiro atoms. The summed E-state index contributed by atoms with van der Waals surface area (Å²) in [6.45, 7) is 7.63. The molecule has 2 heterocycles. The number of aryl methyl sites for hydroxylation is 1. The summed E-state index contributed by atoms with van der Waals surface area (Å²) < 4.78 is 6.79. The third kappa shape index (κ3) is 4.97. The van der Waals surface area contributed by atoms with Crippen molar-refractivity contribution in [2.45, 2.75) is 30.8 Å². The molecule has 1 unspecified atom stereocenters. The van der Waals surface area contributed by atoms with Crippen LogP contribution in [0.15, 0.2) is 27.6 Å². The molecule has 2 fully saturated rings. The van der Waals surface area contributed by atoms with Crippen LogP contribution in [0.1, 0.15) is 18.4 Å². The number of rotatable bonds is 5. The maximum atomic E-state index is 12.5. The van der Waals surface area contributed by atoms with Crippen LogP contribution in [-0.4, -0.2) is 66.9 Å². The number of hydrogen-bond acceptors (Lipinski definition) is 4. The van der Waals surface area contributed by atoms with Crippen LogP contribution < -0.4 is 0 Å². The number of piperazine rings is 1. The molecule has 1 aromatic carbocycles. The average molecular weight is 413 g/mol. The number of ether oxygens (including phenoxy) is 1. The second-order valence-corrected chi connectivity index (χ2v) is 8.45. The van der Waals surface area contributed by atoms with Crippen molar-refractivity contribution in [3.8, 4) is 0 Å². The van der Waals surface area contributed by atoms with Crippen LogP contribution in [0.3, 0.4) is 0 Å². The predicted molar refractivity (Wildman–Crippen MR) is 102 cm³/mol. The summed E-state index contributed by atoms with van der Waals surface area (Å²) in [6, 6.07) is 6.21. The largest absolute Gasteiger partial charge is 0.377 e. The molecule has 2 saturated heterocycles. The normalized spacial score (nSPS) is 22.1. The smallest absolute Gasteiger partial charge is 0.233 e. The Hall–Kier alpha value is -0.560. The first-order valence-corrected chi connectivity index (χ1v) is 10.4. The van der Waals surface area contributed by atoms with Crippen molar-refractivity contribution in [2.24, 2.45) is 0 Å². The summed E-state index contributed by atoms with van der Waals surface area (Å²) in [7, 11) is 0. The average Bonchev–Trinajstić information content (AvgIpc) is 3.07. The number of amides is 1. The maximum absolute atomic E-state index is 12.5. The van der Waals surface area contributed by atoms with E-state index in [0.717, 1.165) is 43.8 Å². The van der Waals surface area contributed by atoms with Gasteiger partial charge in [0.25, 0.3) is 0 Å². The molecule has 24 heavy (non-hydrogen) atoms. The Balaban J connectivity index is 1.41. The minimum atomic E-state index is 0.249. The molecule has 0 saturated carbocycles. The Bertz CT molecular complexity index is 570. The van der Waals surface area contributed by atoms with Gasteiger partial charge in [-0.3, -0.25) is 9.69 Å². The Morgan fingerprint density at radius 3 is 2.79 bits per heavy atom. The van der Waals surface area contributed by atoms with E-state index in [1.165, 1.54) is 23.3 Å². The van der Waals surface area contributed by atoms with Crippen molar-refractivity contribution in [2.75, 3.05) is 45.1 Å². The number of carbonyl (C=O) groups excluding carboxylic acids is 1. The van der Waals surface area contributed by atoms with Gasteiger partial charge in [-0.25, -0.2) is 0 Å². The number of halogens is 1. The molecule has 4 nitrogen and oxygen atoms in total. The van der Waals surface area contributed by atoms with Gasteiger partial charge in [0.05, 0.1) is 11.9 Å². The van der Waals surface area contributed by atoms with Gasteiger partial charge < -0.3 is 9.64 Å². The summed E-state index contributed by atoms with van der Waals surface area (Å²) in [5, 5.41) is 0. The fourth-order valence-electron chi connectivity index (χ4n) is 3.26. The molecule has 0 bridgehead atoms. The lowest BCUT2D eigenvalue weighted by molar-refractivity contribution is -0.130. The topological polar surface area (TPSA) is 32.8 Å². The number of carbonyl (C=O) groups is 1. The van der Waals surface area contributed by atoms with Gasteiger partial charge in [-0.15, -0.1) is 11.8 Å². The second kappa shape index (κ2) is 8.70. The van der Waals surface area contributed by atoms with Gasteiger partial charge in [0.1, 0.15) is 0 Å². The van der Waals surface area contributed by atoms with Crippen LogP contribution in [0.5, 0.6) is 0 Å². The van der Waals surface area contributed by atoms with Crippen LogP contribution >= 0.6 is 27.7 Å². The van der Waals surface area contributed by atoms with Gasteiger partial charge in [-0.05, 0) is 43.5 Å². The van der Waals surface area contributed by atoms with E-state index in [1.54, 1.807) is 11.8 Å². The molecule has 0 aliphatic carbocycles. The molecule has 0 N–H and O–H groups in total. The monoisotopic (exact) mass is 412 g/mol. The molecule has 1 atom stereocenters. The van der Waals surface area contributed by atoms with E-state index >= 15 is 0 Å². The fraction of sp³-hybridized carbons (Fsp3) is 0.611. The predicted octanol–water partition coefficient (Wildman–Crippen LogP) is 3.17. The molecule has 1 aromatic rings. The molecular weight excluding hydrogens is 388 g/mol. The standard InChI is InChI=1S/C18H25BrN2O2S/c1-14-11-15(19)4-5-17(14)24-13-18(22)21-8-6-20(7-9-21)12-16-3-2-10-23-16/h4-5,11,16H,2-3,6-10,12-13H2,1H3. The van der Waals surface area contributed by atoms with Crippen LogP contribution in [-0.2, 0) is 9.53 Å². The quantitative estimate of drug-likeness (QED) is 0.695. The van der Waals surface area contributed by atoms with Crippen molar-refractivity contribution in [3.05, 3.63) is 28.2 Å². The van der Waals surface area contributed by atoms with E-state index in [9.17, 15) is 4.79 Å². The van der Waals surface area contributed by atoms with Gasteiger partial charge in [-0.1, -0.05) is 15.9 Å². The van der Waals surface area contributed by atoms with E-state index in [2.05, 4.69) is 39.9 Å². The summed E-state index contributed by atoms with van der Waals surface area (Å²) in [4.78, 5) is 18.1. The molecule has 0 radical (unpaired) electrons. The maximum Gasteiger partial charge on any atom is 0.233 e. The SMILES string of the molecule is Cc1cc(Br)ccc1SCC(=O)N1CCN(CC2CCCO2)CC1. The Labute approximate surface area is 157 Å². The first-order chi connectivity index (χ1) is 11.6. The molecule has 2 aliphatic heterocycles. The van der Waals surface area contributed by atoms with Crippen LogP contribution in [0.25, 0.3) is 0 Å². The highest BCUT2D eigenvalue weighted by atomic mass is 79.9. The number of hydrogen-bond donors (Lipinski definition) is 0. The van der Waals surface area contributed by atoms with E-state index in [0.29, 0.717) is 11.9 Å². The Morgan fingerprint density at radius 2 is 2.12 bits per heavy atom. The molecule has 132 valence electrons. The second-order valence-electron chi connectivity index (χ2n) is 6.51. The molecule has 2 aliphatic rings. The third-order valence-electron chi connectivity index (χ3n) is 4.70. The van der Waals surface area contributed by atoms with Crippen molar-refractivity contribution in [3.63, 3.8) is 0 Å². The lowest BCUT2D eigenvalue weighted by Crippen LogP contribution is -2.50. The molecule has 1 amide bonds. The van der Waals surface area contributed by atoms with E-state index in [4.69, 9.17) is 4.74 Å². The van der Waals surface area contributed by atoms with Crippen molar-refractivity contribution < 1.29 is 9.53 Å². The highest BCUT2D eigenvalue weighted by Crippen LogP contribution is 2.25. The number of thioether (sulfide) groups is 1.